The molecule has 0 fully saturated rings. The van der Waals surface area contributed by atoms with Gasteiger partial charge in [-0.1, -0.05) is 0 Å². The normalized spacial score (nSPS) is 15.7. The van der Waals surface area contributed by atoms with Crippen LogP contribution in [0.1, 0.15) is 6.42 Å². The van der Waals surface area contributed by atoms with Gasteiger partial charge in [-0.2, -0.15) is 0 Å². The molecular formula is C9H10N2O2. The van der Waals surface area contributed by atoms with Crippen molar-refractivity contribution in [3.63, 3.8) is 0 Å². The van der Waals surface area contributed by atoms with Crippen molar-refractivity contribution in [1.29, 1.82) is 0 Å². The zero-order valence-electron chi connectivity index (χ0n) is 7.12. The zero-order chi connectivity index (χ0) is 8.84. The Morgan fingerprint density at radius 3 is 3.23 bits per heavy atom. The molecule has 1 aliphatic heterocycles. The van der Waals surface area contributed by atoms with Crippen LogP contribution >= 0.6 is 0 Å². The summed E-state index contributed by atoms with van der Waals surface area (Å²) in [6, 6.07) is 3.73. The molecule has 0 aromatic carbocycles. The number of nitrogens with zero attached hydrogens (tertiary/aromatic N) is 1. The van der Waals surface area contributed by atoms with Gasteiger partial charge in [0.15, 0.2) is 17.3 Å². The summed E-state index contributed by atoms with van der Waals surface area (Å²) in [5, 5.41) is 0. The molecule has 0 radical (unpaired) electrons. The molecule has 0 unspecified atom stereocenters. The van der Waals surface area contributed by atoms with Gasteiger partial charge in [0.2, 0.25) is 0 Å². The molecule has 68 valence electrons. The van der Waals surface area contributed by atoms with E-state index in [-0.39, 0.29) is 0 Å². The van der Waals surface area contributed by atoms with Crippen LogP contribution in [0.15, 0.2) is 16.5 Å². The first-order chi connectivity index (χ1) is 6.34. The molecular weight excluding hydrogens is 168 g/mol. The number of hydrogen-bond donors (Lipinski definition) is 1. The SMILES string of the molecule is Nc1cc2c(cc3n2CCCO3)o1. The molecule has 3 heterocycles. The lowest BCUT2D eigenvalue weighted by Crippen LogP contribution is -2.13. The zero-order valence-corrected chi connectivity index (χ0v) is 7.12. The van der Waals surface area contributed by atoms with Crippen LogP contribution in [0.25, 0.3) is 11.1 Å². The summed E-state index contributed by atoms with van der Waals surface area (Å²) in [5.74, 6) is 1.35. The van der Waals surface area contributed by atoms with Crippen LogP contribution in [0.4, 0.5) is 5.88 Å². The van der Waals surface area contributed by atoms with E-state index in [0.717, 1.165) is 36.6 Å². The summed E-state index contributed by atoms with van der Waals surface area (Å²) in [5.41, 5.74) is 7.40. The van der Waals surface area contributed by atoms with Crippen LogP contribution in [0, 0.1) is 0 Å². The van der Waals surface area contributed by atoms with Gasteiger partial charge in [0.25, 0.3) is 0 Å². The number of rotatable bonds is 0. The van der Waals surface area contributed by atoms with Crippen molar-refractivity contribution in [3.05, 3.63) is 12.1 Å². The van der Waals surface area contributed by atoms with Gasteiger partial charge < -0.3 is 19.5 Å². The maximum atomic E-state index is 5.55. The number of nitrogens with two attached hydrogens (primary N) is 1. The van der Waals surface area contributed by atoms with Crippen LogP contribution in [0.3, 0.4) is 0 Å². The summed E-state index contributed by atoms with van der Waals surface area (Å²) in [6.07, 6.45) is 1.04. The number of fused-ring (bicyclic) bond motifs is 3. The van der Waals surface area contributed by atoms with Gasteiger partial charge in [-0.3, -0.25) is 0 Å². The minimum atomic E-state index is 0.464. The minimum Gasteiger partial charge on any atom is -0.479 e. The van der Waals surface area contributed by atoms with Gasteiger partial charge in [0, 0.05) is 18.7 Å². The Morgan fingerprint density at radius 1 is 1.38 bits per heavy atom. The van der Waals surface area contributed by atoms with Crippen molar-refractivity contribution in [3.8, 4) is 5.88 Å². The molecule has 0 saturated heterocycles. The highest BCUT2D eigenvalue weighted by molar-refractivity contribution is 5.80. The molecule has 13 heavy (non-hydrogen) atoms. The Bertz CT molecular complexity index is 455. The average molecular weight is 178 g/mol. The van der Waals surface area contributed by atoms with Crippen molar-refractivity contribution in [2.45, 2.75) is 13.0 Å². The lowest BCUT2D eigenvalue weighted by molar-refractivity contribution is 0.244. The largest absolute Gasteiger partial charge is 0.479 e. The molecule has 3 rings (SSSR count). The fourth-order valence-corrected chi connectivity index (χ4v) is 1.79. The Morgan fingerprint density at radius 2 is 2.31 bits per heavy atom. The number of hydrogen-bond acceptors (Lipinski definition) is 3. The first-order valence-corrected chi connectivity index (χ1v) is 4.36. The molecule has 0 aliphatic carbocycles. The van der Waals surface area contributed by atoms with E-state index in [0.29, 0.717) is 5.88 Å². The second-order valence-electron chi connectivity index (χ2n) is 3.23. The minimum absolute atomic E-state index is 0.464. The fraction of sp³-hybridized carbons (Fsp3) is 0.333. The summed E-state index contributed by atoms with van der Waals surface area (Å²) in [4.78, 5) is 0. The van der Waals surface area contributed by atoms with Crippen LogP contribution in [0.2, 0.25) is 0 Å². The highest BCUT2D eigenvalue weighted by Gasteiger charge is 2.16. The van der Waals surface area contributed by atoms with Gasteiger partial charge in [-0.15, -0.1) is 0 Å². The first kappa shape index (κ1) is 6.88. The van der Waals surface area contributed by atoms with Crippen molar-refractivity contribution in [1.82, 2.24) is 4.57 Å². The van der Waals surface area contributed by atoms with E-state index >= 15 is 0 Å². The maximum absolute atomic E-state index is 5.55. The molecule has 1 aliphatic rings. The van der Waals surface area contributed by atoms with E-state index in [1.807, 2.05) is 12.1 Å². The molecule has 2 aromatic heterocycles. The highest BCUT2D eigenvalue weighted by atomic mass is 16.5. The lowest BCUT2D eigenvalue weighted by atomic mass is 10.4. The average Bonchev–Trinajstić information content (AvgIpc) is 2.60. The van der Waals surface area contributed by atoms with Crippen molar-refractivity contribution >= 4 is 17.0 Å². The van der Waals surface area contributed by atoms with Crippen molar-refractivity contribution < 1.29 is 9.15 Å². The molecule has 4 heteroatoms. The van der Waals surface area contributed by atoms with E-state index in [2.05, 4.69) is 4.57 Å². The molecule has 2 aromatic rings. The molecule has 4 nitrogen and oxygen atoms in total. The summed E-state index contributed by atoms with van der Waals surface area (Å²) >= 11 is 0. The van der Waals surface area contributed by atoms with E-state index in [1.165, 1.54) is 0 Å². The predicted molar refractivity (Wildman–Crippen MR) is 48.7 cm³/mol. The number of anilines is 1. The van der Waals surface area contributed by atoms with E-state index < -0.39 is 0 Å². The van der Waals surface area contributed by atoms with Gasteiger partial charge in [0.1, 0.15) is 0 Å². The number of furan rings is 1. The summed E-state index contributed by atoms with van der Waals surface area (Å²) < 4.78 is 12.9. The van der Waals surface area contributed by atoms with Crippen LogP contribution in [-0.2, 0) is 6.54 Å². The number of ether oxygens (including phenoxy) is 1. The third-order valence-electron chi connectivity index (χ3n) is 2.35. The smallest absolute Gasteiger partial charge is 0.197 e. The van der Waals surface area contributed by atoms with Crippen molar-refractivity contribution in [2.24, 2.45) is 0 Å². The van der Waals surface area contributed by atoms with E-state index in [9.17, 15) is 0 Å². The molecule has 2 N–H and O–H groups in total. The van der Waals surface area contributed by atoms with E-state index in [1.54, 1.807) is 0 Å². The fourth-order valence-electron chi connectivity index (χ4n) is 1.79. The Balaban J connectivity index is 2.30. The Labute approximate surface area is 74.9 Å². The summed E-state index contributed by atoms with van der Waals surface area (Å²) in [7, 11) is 0. The third-order valence-corrected chi connectivity index (χ3v) is 2.35. The second-order valence-corrected chi connectivity index (χ2v) is 3.23. The van der Waals surface area contributed by atoms with Crippen LogP contribution in [0.5, 0.6) is 5.88 Å². The number of nitrogen functional groups attached to an aromatic ring is 1. The van der Waals surface area contributed by atoms with Gasteiger partial charge in [-0.05, 0) is 6.42 Å². The predicted octanol–water partition coefficient (Wildman–Crippen LogP) is 1.60. The van der Waals surface area contributed by atoms with E-state index in [4.69, 9.17) is 14.9 Å². The monoisotopic (exact) mass is 178 g/mol. The number of aromatic nitrogens is 1. The van der Waals surface area contributed by atoms with Crippen LogP contribution < -0.4 is 10.5 Å². The van der Waals surface area contributed by atoms with Gasteiger partial charge in [0.05, 0.1) is 12.1 Å². The topological polar surface area (TPSA) is 53.3 Å². The molecule has 0 bridgehead atoms. The second kappa shape index (κ2) is 2.22. The standard InChI is InChI=1S/C9H10N2O2/c10-8-4-6-7(13-8)5-9-11(6)2-1-3-12-9/h4-5H,1-3,10H2. The first-order valence-electron chi connectivity index (χ1n) is 4.36. The molecule has 0 spiro atoms. The molecule has 0 atom stereocenters. The third kappa shape index (κ3) is 0.854. The van der Waals surface area contributed by atoms with Gasteiger partial charge >= 0.3 is 0 Å². The quantitative estimate of drug-likeness (QED) is 0.666. The Kier molecular flexibility index (Phi) is 1.17. The Hall–Kier alpha value is -1.58. The highest BCUT2D eigenvalue weighted by Crippen LogP contribution is 2.31. The molecule has 0 amide bonds. The van der Waals surface area contributed by atoms with Crippen molar-refractivity contribution in [2.75, 3.05) is 12.3 Å². The maximum Gasteiger partial charge on any atom is 0.197 e. The molecule has 0 saturated carbocycles. The summed E-state index contributed by atoms with van der Waals surface area (Å²) in [6.45, 7) is 1.78. The van der Waals surface area contributed by atoms with Gasteiger partial charge in [-0.25, -0.2) is 0 Å². The number of aryl methyl sites for hydroxylation is 1. The lowest BCUT2D eigenvalue weighted by Gasteiger charge is -2.15. The van der Waals surface area contributed by atoms with Crippen LogP contribution in [-0.4, -0.2) is 11.2 Å².